The highest BCUT2D eigenvalue weighted by Crippen LogP contribution is 2.30. The van der Waals surface area contributed by atoms with Gasteiger partial charge in [0.05, 0.1) is 5.41 Å². The summed E-state index contributed by atoms with van der Waals surface area (Å²) in [4.78, 5) is 13.5. The van der Waals surface area contributed by atoms with Crippen LogP contribution in [0.15, 0.2) is 30.3 Å². The van der Waals surface area contributed by atoms with Crippen LogP contribution >= 0.6 is 0 Å². The highest BCUT2D eigenvalue weighted by atomic mass is 16.4. The second kappa shape index (κ2) is 4.88. The zero-order valence-electron chi connectivity index (χ0n) is 10.2. The summed E-state index contributed by atoms with van der Waals surface area (Å²) in [5.74, 6) is -0.671. The molecule has 1 heterocycles. The predicted molar refractivity (Wildman–Crippen MR) is 66.7 cm³/mol. The first-order chi connectivity index (χ1) is 8.10. The first-order valence-corrected chi connectivity index (χ1v) is 6.10. The number of nitrogens with zero attached hydrogens (tertiary/aromatic N) is 1. The van der Waals surface area contributed by atoms with Gasteiger partial charge in [-0.05, 0) is 31.9 Å². The minimum Gasteiger partial charge on any atom is -0.481 e. The van der Waals surface area contributed by atoms with Crippen LogP contribution in [0.5, 0.6) is 0 Å². The van der Waals surface area contributed by atoms with Gasteiger partial charge < -0.3 is 5.11 Å². The Morgan fingerprint density at radius 2 is 2.12 bits per heavy atom. The lowest BCUT2D eigenvalue weighted by molar-refractivity contribution is -0.151. The molecule has 0 spiro atoms. The molecule has 1 aliphatic heterocycles. The lowest BCUT2D eigenvalue weighted by atomic mass is 9.82. The molecule has 0 bridgehead atoms. The fourth-order valence-corrected chi connectivity index (χ4v) is 2.50. The second-order valence-corrected chi connectivity index (χ2v) is 5.17. The van der Waals surface area contributed by atoms with Gasteiger partial charge in [0.2, 0.25) is 0 Å². The number of hydrogen-bond acceptors (Lipinski definition) is 2. The zero-order valence-corrected chi connectivity index (χ0v) is 10.2. The smallest absolute Gasteiger partial charge is 0.310 e. The number of aliphatic carboxylic acids is 1. The van der Waals surface area contributed by atoms with Crippen LogP contribution in [0, 0.1) is 5.41 Å². The van der Waals surface area contributed by atoms with Crippen LogP contribution in [0.25, 0.3) is 0 Å². The van der Waals surface area contributed by atoms with Crippen molar-refractivity contribution in [3.8, 4) is 0 Å². The molecule has 3 heteroatoms. The van der Waals surface area contributed by atoms with Crippen molar-refractivity contribution in [3.05, 3.63) is 35.9 Å². The first-order valence-electron chi connectivity index (χ1n) is 6.10. The quantitative estimate of drug-likeness (QED) is 0.871. The average molecular weight is 233 g/mol. The molecule has 1 N–H and O–H groups in total. The van der Waals surface area contributed by atoms with Crippen LogP contribution in [0.3, 0.4) is 0 Å². The van der Waals surface area contributed by atoms with E-state index in [1.807, 2.05) is 25.1 Å². The van der Waals surface area contributed by atoms with Crippen LogP contribution in [0.2, 0.25) is 0 Å². The van der Waals surface area contributed by atoms with Gasteiger partial charge in [0.15, 0.2) is 0 Å². The number of hydrogen-bond donors (Lipinski definition) is 1. The molecule has 1 aromatic rings. The molecule has 92 valence electrons. The standard InChI is InChI=1S/C14H19NO2/c1-14(13(16)17)8-5-9-15(11-14)10-12-6-3-2-4-7-12/h2-4,6-7H,5,8-11H2,1H3,(H,16,17)/t14-/m0/s1. The number of carboxylic acid groups (broad SMARTS) is 1. The summed E-state index contributed by atoms with van der Waals surface area (Å²) in [6.45, 7) is 4.35. The van der Waals surface area contributed by atoms with Gasteiger partial charge in [-0.15, -0.1) is 0 Å². The molecule has 0 aromatic heterocycles. The molecule has 1 atom stereocenters. The zero-order chi connectivity index (χ0) is 12.3. The summed E-state index contributed by atoms with van der Waals surface area (Å²) in [5.41, 5.74) is 0.676. The van der Waals surface area contributed by atoms with E-state index in [-0.39, 0.29) is 0 Å². The molecule has 3 nitrogen and oxygen atoms in total. The monoisotopic (exact) mass is 233 g/mol. The molecule has 1 saturated heterocycles. The van der Waals surface area contributed by atoms with Crippen LogP contribution in [0.4, 0.5) is 0 Å². The Balaban J connectivity index is 2.01. The summed E-state index contributed by atoms with van der Waals surface area (Å²) in [6.07, 6.45) is 1.75. The topological polar surface area (TPSA) is 40.5 Å². The third kappa shape index (κ3) is 2.86. The Kier molecular flexibility index (Phi) is 3.48. The normalized spacial score (nSPS) is 25.7. The lowest BCUT2D eigenvalue weighted by Gasteiger charge is -2.37. The van der Waals surface area contributed by atoms with Crippen molar-refractivity contribution in [2.24, 2.45) is 5.41 Å². The van der Waals surface area contributed by atoms with Crippen molar-refractivity contribution in [2.45, 2.75) is 26.3 Å². The molecule has 1 fully saturated rings. The summed E-state index contributed by atoms with van der Waals surface area (Å²) in [7, 11) is 0. The van der Waals surface area contributed by atoms with Gasteiger partial charge in [-0.25, -0.2) is 0 Å². The average Bonchev–Trinajstić information content (AvgIpc) is 2.30. The third-order valence-electron chi connectivity index (χ3n) is 3.54. The first kappa shape index (κ1) is 12.1. The van der Waals surface area contributed by atoms with Gasteiger partial charge >= 0.3 is 5.97 Å². The molecule has 2 rings (SSSR count). The van der Waals surface area contributed by atoms with E-state index in [1.54, 1.807) is 0 Å². The highest BCUT2D eigenvalue weighted by Gasteiger charge is 2.37. The van der Waals surface area contributed by atoms with E-state index in [0.717, 1.165) is 25.9 Å². The van der Waals surface area contributed by atoms with Crippen LogP contribution in [0.1, 0.15) is 25.3 Å². The maximum atomic E-state index is 11.2. The predicted octanol–water partition coefficient (Wildman–Crippen LogP) is 2.37. The van der Waals surface area contributed by atoms with Crippen molar-refractivity contribution in [2.75, 3.05) is 13.1 Å². The van der Waals surface area contributed by atoms with E-state index in [4.69, 9.17) is 0 Å². The van der Waals surface area contributed by atoms with Crippen molar-refractivity contribution in [3.63, 3.8) is 0 Å². The second-order valence-electron chi connectivity index (χ2n) is 5.17. The van der Waals surface area contributed by atoms with Gasteiger partial charge in [0.25, 0.3) is 0 Å². The highest BCUT2D eigenvalue weighted by molar-refractivity contribution is 5.74. The number of likely N-dealkylation sites (tertiary alicyclic amines) is 1. The molecule has 0 radical (unpaired) electrons. The minimum atomic E-state index is -0.671. The van der Waals surface area contributed by atoms with Gasteiger partial charge in [0.1, 0.15) is 0 Å². The van der Waals surface area contributed by atoms with Crippen molar-refractivity contribution >= 4 is 5.97 Å². The lowest BCUT2D eigenvalue weighted by Crippen LogP contribution is -2.45. The van der Waals surface area contributed by atoms with E-state index in [0.29, 0.717) is 6.54 Å². The molecule has 0 amide bonds. The molecule has 1 aliphatic rings. The van der Waals surface area contributed by atoms with Gasteiger partial charge in [-0.3, -0.25) is 9.69 Å². The number of benzene rings is 1. The van der Waals surface area contributed by atoms with Gasteiger partial charge in [-0.1, -0.05) is 30.3 Å². The number of carbonyl (C=O) groups is 1. The molecular weight excluding hydrogens is 214 g/mol. The van der Waals surface area contributed by atoms with E-state index < -0.39 is 11.4 Å². The summed E-state index contributed by atoms with van der Waals surface area (Å²) in [6, 6.07) is 10.2. The summed E-state index contributed by atoms with van der Waals surface area (Å²) < 4.78 is 0. The van der Waals surface area contributed by atoms with E-state index in [2.05, 4.69) is 17.0 Å². The van der Waals surface area contributed by atoms with Crippen molar-refractivity contribution < 1.29 is 9.90 Å². The fraction of sp³-hybridized carbons (Fsp3) is 0.500. The minimum absolute atomic E-state index is 0.576. The number of piperidine rings is 1. The molecule has 0 unspecified atom stereocenters. The van der Waals surface area contributed by atoms with Crippen LogP contribution < -0.4 is 0 Å². The molecular formula is C14H19NO2. The molecule has 17 heavy (non-hydrogen) atoms. The van der Waals surface area contributed by atoms with E-state index >= 15 is 0 Å². The Hall–Kier alpha value is -1.35. The summed E-state index contributed by atoms with van der Waals surface area (Å²) in [5, 5.41) is 9.25. The molecule has 0 aliphatic carbocycles. The Labute approximate surface area is 102 Å². The number of rotatable bonds is 3. The van der Waals surface area contributed by atoms with Crippen molar-refractivity contribution in [1.82, 2.24) is 4.90 Å². The Bertz CT molecular complexity index is 390. The Morgan fingerprint density at radius 3 is 2.76 bits per heavy atom. The maximum absolute atomic E-state index is 11.2. The summed E-state index contributed by atoms with van der Waals surface area (Å²) >= 11 is 0. The van der Waals surface area contributed by atoms with Gasteiger partial charge in [0, 0.05) is 13.1 Å². The van der Waals surface area contributed by atoms with E-state index in [1.165, 1.54) is 5.56 Å². The molecule has 0 saturated carbocycles. The van der Waals surface area contributed by atoms with Crippen LogP contribution in [-0.2, 0) is 11.3 Å². The SMILES string of the molecule is C[C@]1(C(=O)O)CCCN(Cc2ccccc2)C1. The molecule has 1 aromatic carbocycles. The number of carboxylic acids is 1. The maximum Gasteiger partial charge on any atom is 0.310 e. The van der Waals surface area contributed by atoms with E-state index in [9.17, 15) is 9.90 Å². The Morgan fingerprint density at radius 1 is 1.41 bits per heavy atom. The van der Waals surface area contributed by atoms with Crippen molar-refractivity contribution in [1.29, 1.82) is 0 Å². The fourth-order valence-electron chi connectivity index (χ4n) is 2.50. The largest absolute Gasteiger partial charge is 0.481 e. The van der Waals surface area contributed by atoms with Crippen LogP contribution in [-0.4, -0.2) is 29.1 Å². The third-order valence-corrected chi connectivity index (χ3v) is 3.54. The van der Waals surface area contributed by atoms with Gasteiger partial charge in [-0.2, -0.15) is 0 Å².